The quantitative estimate of drug-likeness (QED) is 0.804. The topological polar surface area (TPSA) is 88.0 Å². The highest BCUT2D eigenvalue weighted by Crippen LogP contribution is 2.32. The van der Waals surface area contributed by atoms with E-state index in [1.54, 1.807) is 19.5 Å². The van der Waals surface area contributed by atoms with Crippen LogP contribution in [0.1, 0.15) is 12.8 Å². The third-order valence-corrected chi connectivity index (χ3v) is 4.92. The van der Waals surface area contributed by atoms with Crippen molar-refractivity contribution in [1.29, 1.82) is 0 Å². The molecule has 2 fully saturated rings. The van der Waals surface area contributed by atoms with Crippen LogP contribution >= 0.6 is 0 Å². The van der Waals surface area contributed by atoms with Crippen LogP contribution in [0, 0.1) is 0 Å². The van der Waals surface area contributed by atoms with Crippen molar-refractivity contribution in [3.05, 3.63) is 18.6 Å². The summed E-state index contributed by atoms with van der Waals surface area (Å²) in [6, 6.07) is 0. The minimum absolute atomic E-state index is 0.176. The first-order valence-electron chi connectivity index (χ1n) is 8.91. The van der Waals surface area contributed by atoms with Gasteiger partial charge in [0.05, 0.1) is 26.0 Å². The molecule has 1 N–H and O–H groups in total. The monoisotopic (exact) mass is 406 g/mol. The Hall–Kier alpha value is -1.98. The number of rotatable bonds is 4. The van der Waals surface area contributed by atoms with Crippen LogP contribution in [0.3, 0.4) is 0 Å². The highest BCUT2D eigenvalue weighted by Gasteiger charge is 2.42. The minimum atomic E-state index is -5.08. The lowest BCUT2D eigenvalue weighted by Gasteiger charge is -2.51. The van der Waals surface area contributed by atoms with Crippen molar-refractivity contribution >= 4 is 11.8 Å². The molecule has 1 aromatic heterocycles. The van der Waals surface area contributed by atoms with Crippen molar-refractivity contribution in [3.8, 4) is 0 Å². The molecular weight excluding hydrogens is 381 g/mol. The lowest BCUT2D eigenvalue weighted by molar-refractivity contribution is -0.192. The van der Waals surface area contributed by atoms with Crippen LogP contribution in [0.15, 0.2) is 18.6 Å². The van der Waals surface area contributed by atoms with E-state index < -0.39 is 12.1 Å². The van der Waals surface area contributed by atoms with Crippen LogP contribution in [0.4, 0.5) is 19.0 Å². The van der Waals surface area contributed by atoms with E-state index >= 15 is 0 Å². The van der Waals surface area contributed by atoms with Gasteiger partial charge in [0.15, 0.2) is 0 Å². The fourth-order valence-electron chi connectivity index (χ4n) is 3.38. The molecule has 0 saturated carbocycles. The second-order valence-corrected chi connectivity index (χ2v) is 6.61. The maximum absolute atomic E-state index is 10.6. The second-order valence-electron chi connectivity index (χ2n) is 6.61. The summed E-state index contributed by atoms with van der Waals surface area (Å²) in [7, 11) is 1.77. The van der Waals surface area contributed by atoms with Gasteiger partial charge >= 0.3 is 12.1 Å². The van der Waals surface area contributed by atoms with Crippen LogP contribution in [0.25, 0.3) is 0 Å². The summed E-state index contributed by atoms with van der Waals surface area (Å²) in [5.74, 6) is -1.78. The Kier molecular flexibility index (Phi) is 7.96. The molecular formula is C17H25F3N4O4. The Morgan fingerprint density at radius 3 is 2.54 bits per heavy atom. The number of piperidine rings is 1. The van der Waals surface area contributed by atoms with Crippen molar-refractivity contribution in [1.82, 2.24) is 14.9 Å². The molecule has 3 heterocycles. The number of methoxy groups -OCH3 is 1. The molecule has 2 saturated heterocycles. The molecule has 2 aliphatic rings. The smallest absolute Gasteiger partial charge is 0.475 e. The first-order chi connectivity index (χ1) is 13.3. The summed E-state index contributed by atoms with van der Waals surface area (Å²) in [6.45, 7) is 6.47. The molecule has 2 aliphatic heterocycles. The number of hydrogen-bond acceptors (Lipinski definition) is 7. The Morgan fingerprint density at radius 1 is 1.32 bits per heavy atom. The predicted molar refractivity (Wildman–Crippen MR) is 94.2 cm³/mol. The van der Waals surface area contributed by atoms with Crippen LogP contribution in [-0.2, 0) is 14.3 Å². The van der Waals surface area contributed by atoms with E-state index in [0.717, 1.165) is 64.7 Å². The van der Waals surface area contributed by atoms with Crippen LogP contribution < -0.4 is 4.90 Å². The predicted octanol–water partition coefficient (Wildman–Crippen LogP) is 1.43. The van der Waals surface area contributed by atoms with Crippen molar-refractivity contribution in [2.45, 2.75) is 24.6 Å². The van der Waals surface area contributed by atoms with E-state index in [2.05, 4.69) is 19.8 Å². The zero-order chi connectivity index (χ0) is 20.6. The number of carbonyl (C=O) groups is 1. The third kappa shape index (κ3) is 6.01. The summed E-state index contributed by atoms with van der Waals surface area (Å²) in [5, 5.41) is 7.12. The number of aliphatic carboxylic acids is 1. The van der Waals surface area contributed by atoms with Crippen molar-refractivity contribution in [2.75, 3.05) is 58.0 Å². The molecule has 0 unspecified atom stereocenters. The number of anilines is 1. The number of alkyl halides is 3. The zero-order valence-corrected chi connectivity index (χ0v) is 15.7. The van der Waals surface area contributed by atoms with E-state index in [1.807, 2.05) is 6.20 Å². The van der Waals surface area contributed by atoms with Crippen molar-refractivity contribution in [3.63, 3.8) is 0 Å². The maximum Gasteiger partial charge on any atom is 0.490 e. The average Bonchev–Trinajstić information content (AvgIpc) is 2.68. The number of morpholine rings is 1. The Labute approximate surface area is 161 Å². The molecule has 8 nitrogen and oxygen atoms in total. The van der Waals surface area contributed by atoms with Gasteiger partial charge in [0.2, 0.25) is 0 Å². The first kappa shape index (κ1) is 22.3. The van der Waals surface area contributed by atoms with Crippen LogP contribution in [0.2, 0.25) is 0 Å². The molecule has 0 aliphatic carbocycles. The standard InChI is InChI=1S/C15H24N4O2.C2HF3O2/c1-20-10-8-19-9-11-21-13-15(19)2-6-18(7-3-15)14-12-16-4-5-17-14;3-2(4,5)1(6)7/h4-5,12H,2-3,6-11,13H2,1H3;(H,6,7). The summed E-state index contributed by atoms with van der Waals surface area (Å²) < 4.78 is 42.8. The maximum atomic E-state index is 10.6. The normalized spacial score (nSPS) is 19.8. The molecule has 0 atom stereocenters. The first-order valence-corrected chi connectivity index (χ1v) is 8.91. The van der Waals surface area contributed by atoms with Gasteiger partial charge in [0.25, 0.3) is 0 Å². The van der Waals surface area contributed by atoms with Gasteiger partial charge in [-0.15, -0.1) is 0 Å². The van der Waals surface area contributed by atoms with E-state index in [4.69, 9.17) is 19.4 Å². The van der Waals surface area contributed by atoms with Crippen molar-refractivity contribution in [2.24, 2.45) is 0 Å². The van der Waals surface area contributed by atoms with Gasteiger partial charge in [-0.2, -0.15) is 13.2 Å². The lowest BCUT2D eigenvalue weighted by Crippen LogP contribution is -2.62. The van der Waals surface area contributed by atoms with Gasteiger partial charge in [-0.3, -0.25) is 9.88 Å². The van der Waals surface area contributed by atoms with Gasteiger partial charge in [-0.1, -0.05) is 0 Å². The zero-order valence-electron chi connectivity index (χ0n) is 15.7. The fourth-order valence-corrected chi connectivity index (χ4v) is 3.38. The summed E-state index contributed by atoms with van der Waals surface area (Å²) in [5.41, 5.74) is 0.176. The number of hydrogen-bond donors (Lipinski definition) is 1. The van der Waals surface area contributed by atoms with Crippen molar-refractivity contribution < 1.29 is 32.5 Å². The molecule has 1 aromatic rings. The van der Waals surface area contributed by atoms with Crippen LogP contribution in [0.5, 0.6) is 0 Å². The number of nitrogens with zero attached hydrogens (tertiary/aromatic N) is 4. The van der Waals surface area contributed by atoms with E-state index in [-0.39, 0.29) is 5.54 Å². The van der Waals surface area contributed by atoms with Gasteiger partial charge in [0, 0.05) is 51.2 Å². The molecule has 0 radical (unpaired) electrons. The van der Waals surface area contributed by atoms with Crippen LogP contribution in [-0.4, -0.2) is 90.8 Å². The van der Waals surface area contributed by atoms with Gasteiger partial charge in [0.1, 0.15) is 5.82 Å². The molecule has 1 spiro atoms. The summed E-state index contributed by atoms with van der Waals surface area (Å²) in [4.78, 5) is 22.3. The molecule has 0 aromatic carbocycles. The number of aromatic nitrogens is 2. The van der Waals surface area contributed by atoms with E-state index in [0.29, 0.717) is 0 Å². The molecule has 28 heavy (non-hydrogen) atoms. The van der Waals surface area contributed by atoms with Gasteiger partial charge < -0.3 is 19.5 Å². The SMILES string of the molecule is COCCN1CCOCC12CCN(c1cnccn1)CC2.O=C(O)C(F)(F)F. The number of carboxylic acids is 1. The van der Waals surface area contributed by atoms with Gasteiger partial charge in [-0.05, 0) is 12.8 Å². The molecule has 0 bridgehead atoms. The summed E-state index contributed by atoms with van der Waals surface area (Å²) in [6.07, 6.45) is 2.45. The molecule has 0 amide bonds. The Balaban J connectivity index is 0.000000345. The Bertz CT molecular complexity index is 610. The highest BCUT2D eigenvalue weighted by molar-refractivity contribution is 5.73. The summed E-state index contributed by atoms with van der Waals surface area (Å²) >= 11 is 0. The number of carboxylic acid groups (broad SMARTS) is 1. The number of halogens is 3. The Morgan fingerprint density at radius 2 is 2.00 bits per heavy atom. The average molecular weight is 406 g/mol. The van der Waals surface area contributed by atoms with E-state index in [9.17, 15) is 13.2 Å². The molecule has 158 valence electrons. The lowest BCUT2D eigenvalue weighted by atomic mass is 9.85. The minimum Gasteiger partial charge on any atom is -0.475 e. The second kappa shape index (κ2) is 9.99. The largest absolute Gasteiger partial charge is 0.490 e. The van der Waals surface area contributed by atoms with E-state index in [1.165, 1.54) is 0 Å². The molecule has 3 rings (SSSR count). The van der Waals surface area contributed by atoms with Gasteiger partial charge in [-0.25, -0.2) is 9.78 Å². The molecule has 11 heteroatoms. The fraction of sp³-hybridized carbons (Fsp3) is 0.706. The third-order valence-electron chi connectivity index (χ3n) is 4.92. The highest BCUT2D eigenvalue weighted by atomic mass is 19.4. The number of ether oxygens (including phenoxy) is 2.